The standard InChI is InChI=1S/C11H18N2O/c1-5-6-7-9(8-12)13-10(14)11(2,3)4/h5-8H,1,12H2,2-4H3,(H,13,14)/b7-6-,9-8+. The van der Waals surface area contributed by atoms with Gasteiger partial charge in [0.1, 0.15) is 0 Å². The molecule has 0 saturated heterocycles. The van der Waals surface area contributed by atoms with Gasteiger partial charge in [-0.3, -0.25) is 4.79 Å². The lowest BCUT2D eigenvalue weighted by molar-refractivity contribution is -0.127. The molecule has 78 valence electrons. The van der Waals surface area contributed by atoms with E-state index in [1.807, 2.05) is 20.8 Å². The van der Waals surface area contributed by atoms with Crippen molar-refractivity contribution in [1.29, 1.82) is 0 Å². The Morgan fingerprint density at radius 2 is 2.00 bits per heavy atom. The van der Waals surface area contributed by atoms with Gasteiger partial charge in [0.2, 0.25) is 5.91 Å². The van der Waals surface area contributed by atoms with Gasteiger partial charge in [0.25, 0.3) is 0 Å². The van der Waals surface area contributed by atoms with E-state index in [-0.39, 0.29) is 5.91 Å². The third kappa shape index (κ3) is 4.50. The third-order valence-electron chi connectivity index (χ3n) is 1.53. The third-order valence-corrected chi connectivity index (χ3v) is 1.53. The van der Waals surface area contributed by atoms with Crippen LogP contribution in [0.3, 0.4) is 0 Å². The topological polar surface area (TPSA) is 55.1 Å². The maximum absolute atomic E-state index is 11.5. The van der Waals surface area contributed by atoms with Crippen LogP contribution in [0.4, 0.5) is 0 Å². The lowest BCUT2D eigenvalue weighted by Crippen LogP contribution is -2.34. The van der Waals surface area contributed by atoms with E-state index >= 15 is 0 Å². The number of hydrogen-bond donors (Lipinski definition) is 2. The number of allylic oxidation sites excluding steroid dienone is 3. The number of hydrogen-bond acceptors (Lipinski definition) is 2. The molecule has 0 radical (unpaired) electrons. The predicted molar refractivity (Wildman–Crippen MR) is 59.2 cm³/mol. The smallest absolute Gasteiger partial charge is 0.229 e. The minimum Gasteiger partial charge on any atom is -0.403 e. The lowest BCUT2D eigenvalue weighted by atomic mass is 9.95. The largest absolute Gasteiger partial charge is 0.403 e. The maximum Gasteiger partial charge on any atom is 0.229 e. The van der Waals surface area contributed by atoms with Gasteiger partial charge in [-0.25, -0.2) is 0 Å². The van der Waals surface area contributed by atoms with Crippen molar-refractivity contribution < 1.29 is 4.79 Å². The Morgan fingerprint density at radius 3 is 2.36 bits per heavy atom. The molecule has 0 aromatic heterocycles. The van der Waals surface area contributed by atoms with Crippen LogP contribution in [-0.4, -0.2) is 5.91 Å². The van der Waals surface area contributed by atoms with Crippen LogP contribution in [0.1, 0.15) is 20.8 Å². The molecule has 3 N–H and O–H groups in total. The van der Waals surface area contributed by atoms with E-state index in [4.69, 9.17) is 5.73 Å². The highest BCUT2D eigenvalue weighted by molar-refractivity contribution is 5.83. The first-order valence-corrected chi connectivity index (χ1v) is 4.44. The molecule has 1 amide bonds. The van der Waals surface area contributed by atoms with Gasteiger partial charge in [0.05, 0.1) is 5.70 Å². The van der Waals surface area contributed by atoms with E-state index in [1.54, 1.807) is 18.2 Å². The van der Waals surface area contributed by atoms with Crippen LogP contribution in [0.15, 0.2) is 36.7 Å². The van der Waals surface area contributed by atoms with E-state index in [1.165, 1.54) is 6.20 Å². The molecule has 0 unspecified atom stereocenters. The van der Waals surface area contributed by atoms with E-state index in [0.29, 0.717) is 5.70 Å². The Balaban J connectivity index is 4.43. The van der Waals surface area contributed by atoms with Crippen molar-refractivity contribution in [3.8, 4) is 0 Å². The number of amides is 1. The molecule has 0 aromatic carbocycles. The second-order valence-electron chi connectivity index (χ2n) is 3.92. The molecule has 0 aliphatic carbocycles. The number of carbonyl (C=O) groups is 1. The highest BCUT2D eigenvalue weighted by Gasteiger charge is 2.21. The molecule has 0 atom stereocenters. The van der Waals surface area contributed by atoms with Crippen LogP contribution in [-0.2, 0) is 4.79 Å². The normalized spacial score (nSPS) is 12.9. The van der Waals surface area contributed by atoms with Gasteiger partial charge in [0.15, 0.2) is 0 Å². The van der Waals surface area contributed by atoms with Gasteiger partial charge in [-0.1, -0.05) is 39.5 Å². The molecule has 0 bridgehead atoms. The molecule has 0 aromatic rings. The minimum absolute atomic E-state index is 0.0667. The van der Waals surface area contributed by atoms with Crippen LogP contribution < -0.4 is 11.1 Å². The Morgan fingerprint density at radius 1 is 1.43 bits per heavy atom. The zero-order chi connectivity index (χ0) is 11.2. The van der Waals surface area contributed by atoms with Crippen LogP contribution in [0.2, 0.25) is 0 Å². The first-order chi connectivity index (χ1) is 6.41. The fraction of sp³-hybridized carbons (Fsp3) is 0.364. The molecule has 0 aliphatic heterocycles. The summed E-state index contributed by atoms with van der Waals surface area (Å²) in [6.45, 7) is 9.05. The van der Waals surface area contributed by atoms with Gasteiger partial charge in [0, 0.05) is 11.6 Å². The van der Waals surface area contributed by atoms with Crippen molar-refractivity contribution in [2.45, 2.75) is 20.8 Å². The number of nitrogens with one attached hydrogen (secondary N) is 1. The SMILES string of the molecule is C=C/C=C\C(=C/N)NC(=O)C(C)(C)C. The molecule has 14 heavy (non-hydrogen) atoms. The minimum atomic E-state index is -0.420. The predicted octanol–water partition coefficient (Wildman–Crippen LogP) is 1.69. The molecule has 0 rings (SSSR count). The van der Waals surface area contributed by atoms with Crippen LogP contribution in [0.5, 0.6) is 0 Å². The first-order valence-electron chi connectivity index (χ1n) is 4.44. The Labute approximate surface area is 85.4 Å². The average molecular weight is 194 g/mol. The van der Waals surface area contributed by atoms with E-state index < -0.39 is 5.41 Å². The maximum atomic E-state index is 11.5. The zero-order valence-corrected chi connectivity index (χ0v) is 9.00. The molecular formula is C11H18N2O. The summed E-state index contributed by atoms with van der Waals surface area (Å²) in [7, 11) is 0. The van der Waals surface area contributed by atoms with Crippen molar-refractivity contribution in [3.63, 3.8) is 0 Å². The zero-order valence-electron chi connectivity index (χ0n) is 9.00. The van der Waals surface area contributed by atoms with Crippen LogP contribution >= 0.6 is 0 Å². The van der Waals surface area contributed by atoms with E-state index in [2.05, 4.69) is 11.9 Å². The molecule has 0 heterocycles. The summed E-state index contributed by atoms with van der Waals surface area (Å²) < 4.78 is 0. The van der Waals surface area contributed by atoms with Crippen molar-refractivity contribution in [2.24, 2.45) is 11.1 Å². The van der Waals surface area contributed by atoms with Crippen molar-refractivity contribution in [2.75, 3.05) is 0 Å². The molecule has 3 heteroatoms. The average Bonchev–Trinajstić information content (AvgIpc) is 2.10. The van der Waals surface area contributed by atoms with E-state index in [9.17, 15) is 4.79 Å². The Kier molecular flexibility index (Phi) is 4.70. The van der Waals surface area contributed by atoms with Gasteiger partial charge < -0.3 is 11.1 Å². The molecule has 0 saturated carbocycles. The van der Waals surface area contributed by atoms with Crippen LogP contribution in [0.25, 0.3) is 0 Å². The number of nitrogens with two attached hydrogens (primary N) is 1. The molecular weight excluding hydrogens is 176 g/mol. The summed E-state index contributed by atoms with van der Waals surface area (Å²) in [5, 5.41) is 2.70. The van der Waals surface area contributed by atoms with Crippen molar-refractivity contribution in [1.82, 2.24) is 5.32 Å². The van der Waals surface area contributed by atoms with Crippen LogP contribution in [0, 0.1) is 5.41 Å². The fourth-order valence-electron chi connectivity index (χ4n) is 0.629. The second-order valence-corrected chi connectivity index (χ2v) is 3.92. The summed E-state index contributed by atoms with van der Waals surface area (Å²) >= 11 is 0. The highest BCUT2D eigenvalue weighted by atomic mass is 16.2. The summed E-state index contributed by atoms with van der Waals surface area (Å²) in [5.74, 6) is -0.0667. The van der Waals surface area contributed by atoms with Crippen molar-refractivity contribution >= 4 is 5.91 Å². The van der Waals surface area contributed by atoms with Gasteiger partial charge in [-0.2, -0.15) is 0 Å². The summed E-state index contributed by atoms with van der Waals surface area (Å²) in [6, 6.07) is 0. The fourth-order valence-corrected chi connectivity index (χ4v) is 0.629. The Bertz CT molecular complexity index is 270. The van der Waals surface area contributed by atoms with Gasteiger partial charge in [-0.05, 0) is 6.08 Å². The number of rotatable bonds is 3. The van der Waals surface area contributed by atoms with Crippen molar-refractivity contribution in [3.05, 3.63) is 36.7 Å². The quantitative estimate of drug-likeness (QED) is 0.672. The monoisotopic (exact) mass is 194 g/mol. The molecule has 0 spiro atoms. The summed E-state index contributed by atoms with van der Waals surface area (Å²) in [4.78, 5) is 11.5. The molecule has 3 nitrogen and oxygen atoms in total. The molecule has 0 fully saturated rings. The summed E-state index contributed by atoms with van der Waals surface area (Å²) in [6.07, 6.45) is 6.37. The summed E-state index contributed by atoms with van der Waals surface area (Å²) in [5.41, 5.74) is 5.50. The first kappa shape index (κ1) is 12.5. The second kappa shape index (κ2) is 5.27. The molecule has 0 aliphatic rings. The van der Waals surface area contributed by atoms with Gasteiger partial charge in [-0.15, -0.1) is 0 Å². The van der Waals surface area contributed by atoms with Gasteiger partial charge >= 0.3 is 0 Å². The highest BCUT2D eigenvalue weighted by Crippen LogP contribution is 2.13. The Hall–Kier alpha value is -1.51. The lowest BCUT2D eigenvalue weighted by Gasteiger charge is -2.17. The number of carbonyl (C=O) groups excluding carboxylic acids is 1. The van der Waals surface area contributed by atoms with E-state index in [0.717, 1.165) is 0 Å².